The Kier molecular flexibility index (Phi) is 4.64. The maximum absolute atomic E-state index is 13.3. The van der Waals surface area contributed by atoms with Crippen molar-refractivity contribution in [2.24, 2.45) is 7.05 Å². The number of aliphatic hydroxyl groups excluding tert-OH is 1. The van der Waals surface area contributed by atoms with Gasteiger partial charge in [-0.05, 0) is 41.3 Å². The lowest BCUT2D eigenvalue weighted by molar-refractivity contribution is 0.277. The molecule has 0 bridgehead atoms. The van der Waals surface area contributed by atoms with Gasteiger partial charge in [-0.3, -0.25) is 18.5 Å². The molecule has 3 aromatic rings. The maximum atomic E-state index is 13.3. The third-order valence-corrected chi connectivity index (χ3v) is 5.63. The Labute approximate surface area is 182 Å². The smallest absolute Gasteiger partial charge is 0.332 e. The number of aryl methyl sites for hydroxylation is 1. The predicted molar refractivity (Wildman–Crippen MR) is 117 cm³/mol. The first kappa shape index (κ1) is 19.8. The highest BCUT2D eigenvalue weighted by atomic mass is 16.5. The van der Waals surface area contributed by atoms with Crippen molar-refractivity contribution in [2.75, 3.05) is 6.61 Å². The Bertz CT molecular complexity index is 1520. The third kappa shape index (κ3) is 3.09. The molecule has 5 rings (SSSR count). The molecule has 0 saturated heterocycles. The largest absolute Gasteiger partial charge is 0.425 e. The van der Waals surface area contributed by atoms with E-state index in [1.54, 1.807) is 35.9 Å². The lowest BCUT2D eigenvalue weighted by Crippen LogP contribution is -2.39. The average molecular weight is 429 g/mol. The number of aromatic nitrogens is 4. The SMILES string of the molecule is Cn1c(=O)n(CCCO)c(=O)c2c1nc(Oc1cccc(C#N)c1)n2Cc1c2cccc1-2. The molecule has 2 aromatic heterocycles. The molecule has 0 radical (unpaired) electrons. The van der Waals surface area contributed by atoms with Gasteiger partial charge in [0.2, 0.25) is 0 Å². The van der Waals surface area contributed by atoms with Crippen LogP contribution in [0.25, 0.3) is 22.3 Å². The first-order valence-electron chi connectivity index (χ1n) is 10.1. The van der Waals surface area contributed by atoms with E-state index >= 15 is 0 Å². The number of hydrogen-bond donors (Lipinski definition) is 1. The van der Waals surface area contributed by atoms with Crippen LogP contribution in [0.3, 0.4) is 0 Å². The zero-order valence-corrected chi connectivity index (χ0v) is 17.3. The normalized spacial score (nSPS) is 11.5. The zero-order valence-electron chi connectivity index (χ0n) is 17.3. The molecule has 2 heterocycles. The highest BCUT2D eigenvalue weighted by Crippen LogP contribution is 2.44. The van der Waals surface area contributed by atoms with Crippen LogP contribution < -0.4 is 16.0 Å². The first-order chi connectivity index (χ1) is 15.5. The number of ether oxygens (including phenoxy) is 1. The van der Waals surface area contributed by atoms with Crippen LogP contribution in [0.4, 0.5) is 0 Å². The van der Waals surface area contributed by atoms with Gasteiger partial charge in [0, 0.05) is 20.2 Å². The van der Waals surface area contributed by atoms with Crippen molar-refractivity contribution in [1.29, 1.82) is 5.26 Å². The zero-order chi connectivity index (χ0) is 22.4. The van der Waals surface area contributed by atoms with Crippen LogP contribution in [-0.2, 0) is 20.1 Å². The van der Waals surface area contributed by atoms with Gasteiger partial charge in [0.25, 0.3) is 5.56 Å². The molecule has 0 amide bonds. The molecular formula is C23H19N5O4. The Morgan fingerprint density at radius 1 is 1.12 bits per heavy atom. The molecule has 32 heavy (non-hydrogen) atoms. The van der Waals surface area contributed by atoms with Gasteiger partial charge in [-0.15, -0.1) is 0 Å². The molecule has 9 nitrogen and oxygen atoms in total. The first-order valence-corrected chi connectivity index (χ1v) is 10.1. The molecule has 0 unspecified atom stereocenters. The van der Waals surface area contributed by atoms with E-state index < -0.39 is 11.2 Å². The van der Waals surface area contributed by atoms with Gasteiger partial charge in [0.15, 0.2) is 11.2 Å². The molecule has 9 heteroatoms. The lowest BCUT2D eigenvalue weighted by atomic mass is 10.2. The summed E-state index contributed by atoms with van der Waals surface area (Å²) in [6.45, 7) is 0.335. The summed E-state index contributed by atoms with van der Waals surface area (Å²) in [5.41, 5.74) is 3.26. The summed E-state index contributed by atoms with van der Waals surface area (Å²) in [6, 6.07) is 14.9. The average Bonchev–Trinajstić information content (AvgIpc) is 3.12. The van der Waals surface area contributed by atoms with E-state index in [0.717, 1.165) is 21.3 Å². The van der Waals surface area contributed by atoms with Crippen LogP contribution in [-0.4, -0.2) is 30.4 Å². The number of benzene rings is 2. The topological polar surface area (TPSA) is 115 Å². The summed E-state index contributed by atoms with van der Waals surface area (Å²) in [6.07, 6.45) is 0.284. The fourth-order valence-corrected chi connectivity index (χ4v) is 3.95. The number of aliphatic hydroxyl groups is 1. The summed E-state index contributed by atoms with van der Waals surface area (Å²) in [5, 5.41) is 18.3. The molecule has 2 aliphatic rings. The van der Waals surface area contributed by atoms with Crippen molar-refractivity contribution < 1.29 is 9.84 Å². The van der Waals surface area contributed by atoms with E-state index in [1.165, 1.54) is 4.57 Å². The van der Waals surface area contributed by atoms with Crippen molar-refractivity contribution in [2.45, 2.75) is 19.5 Å². The van der Waals surface area contributed by atoms with Gasteiger partial charge in [0.05, 0.1) is 18.2 Å². The van der Waals surface area contributed by atoms with Gasteiger partial charge in [-0.1, -0.05) is 24.3 Å². The quantitative estimate of drug-likeness (QED) is 0.423. The second-order valence-corrected chi connectivity index (χ2v) is 7.60. The number of nitriles is 1. The minimum absolute atomic E-state index is 0.103. The van der Waals surface area contributed by atoms with Crippen molar-refractivity contribution >= 4 is 11.2 Å². The molecule has 0 fully saturated rings. The van der Waals surface area contributed by atoms with Crippen molar-refractivity contribution in [3.63, 3.8) is 0 Å². The molecule has 0 atom stereocenters. The number of hydrogen-bond acceptors (Lipinski definition) is 6. The second kappa shape index (κ2) is 7.51. The summed E-state index contributed by atoms with van der Waals surface area (Å²) < 4.78 is 10.1. The summed E-state index contributed by atoms with van der Waals surface area (Å²) in [5.74, 6) is 0.402. The van der Waals surface area contributed by atoms with Gasteiger partial charge in [-0.25, -0.2) is 4.79 Å². The highest BCUT2D eigenvalue weighted by Gasteiger charge is 2.28. The monoisotopic (exact) mass is 429 g/mol. The van der Waals surface area contributed by atoms with Crippen LogP contribution in [0.1, 0.15) is 17.5 Å². The van der Waals surface area contributed by atoms with Crippen molar-refractivity contribution in [3.05, 3.63) is 74.4 Å². The Balaban J connectivity index is 1.70. The number of fused-ring (bicyclic) bond motifs is 2. The second-order valence-electron chi connectivity index (χ2n) is 7.60. The molecule has 2 aliphatic carbocycles. The van der Waals surface area contributed by atoms with Crippen LogP contribution >= 0.6 is 0 Å². The Morgan fingerprint density at radius 2 is 1.88 bits per heavy atom. The molecule has 0 spiro atoms. The van der Waals surface area contributed by atoms with Gasteiger partial charge >= 0.3 is 11.7 Å². The standard InChI is InChI=1S/C23H19N5O4/c1-26-20-19(21(30)27(23(26)31)9-4-10-29)28(13-18-16-7-3-8-17(16)18)22(25-20)32-15-6-2-5-14(11-15)12-24/h2-3,5-8,11,29H,4,9-10,13H2,1H3. The predicted octanol–water partition coefficient (Wildman–Crippen LogP) is 1.97. The van der Waals surface area contributed by atoms with E-state index in [0.29, 0.717) is 17.9 Å². The Hall–Kier alpha value is -4.16. The number of nitrogens with zero attached hydrogens (tertiary/aromatic N) is 5. The van der Waals surface area contributed by atoms with Crippen molar-refractivity contribution in [1.82, 2.24) is 18.7 Å². The van der Waals surface area contributed by atoms with Crippen LogP contribution in [0.15, 0.2) is 52.1 Å². The molecule has 1 aromatic carbocycles. The lowest BCUT2D eigenvalue weighted by Gasteiger charge is -2.10. The minimum atomic E-state index is -0.505. The summed E-state index contributed by atoms with van der Waals surface area (Å²) in [7, 11) is 1.55. The van der Waals surface area contributed by atoms with Gasteiger partial charge in [-0.2, -0.15) is 10.2 Å². The van der Waals surface area contributed by atoms with Gasteiger partial charge in [0.1, 0.15) is 5.75 Å². The number of rotatable bonds is 7. The maximum Gasteiger partial charge on any atom is 0.332 e. The third-order valence-electron chi connectivity index (χ3n) is 5.63. The summed E-state index contributed by atoms with van der Waals surface area (Å²) >= 11 is 0. The molecule has 0 saturated carbocycles. The van der Waals surface area contributed by atoms with E-state index in [-0.39, 0.29) is 36.7 Å². The fourth-order valence-electron chi connectivity index (χ4n) is 3.95. The molecule has 0 aliphatic heterocycles. The van der Waals surface area contributed by atoms with E-state index in [2.05, 4.69) is 11.1 Å². The van der Waals surface area contributed by atoms with Crippen molar-refractivity contribution in [3.8, 4) is 29.0 Å². The fraction of sp³-hybridized carbons (Fsp3) is 0.217. The van der Waals surface area contributed by atoms with E-state index in [9.17, 15) is 20.0 Å². The summed E-state index contributed by atoms with van der Waals surface area (Å²) in [4.78, 5) is 30.5. The highest BCUT2D eigenvalue weighted by molar-refractivity contribution is 5.89. The van der Waals surface area contributed by atoms with Crippen LogP contribution in [0.2, 0.25) is 0 Å². The molecule has 1 N–H and O–H groups in total. The Morgan fingerprint density at radius 3 is 2.59 bits per heavy atom. The minimum Gasteiger partial charge on any atom is -0.425 e. The molecule has 160 valence electrons. The van der Waals surface area contributed by atoms with Gasteiger partial charge < -0.3 is 9.84 Å². The van der Waals surface area contributed by atoms with E-state index in [4.69, 9.17) is 4.74 Å². The van der Waals surface area contributed by atoms with Crippen LogP contribution in [0, 0.1) is 11.3 Å². The molecular weight excluding hydrogens is 410 g/mol. The van der Waals surface area contributed by atoms with E-state index in [1.807, 2.05) is 18.2 Å². The number of imidazole rings is 1. The van der Waals surface area contributed by atoms with Crippen LogP contribution in [0.5, 0.6) is 11.8 Å².